The topological polar surface area (TPSA) is 89.2 Å². The highest BCUT2D eigenvalue weighted by Crippen LogP contribution is 2.34. The molecule has 92 valence electrons. The molecule has 0 bridgehead atoms. The first kappa shape index (κ1) is 11.4. The number of aromatic nitrogens is 1. The maximum absolute atomic E-state index is 11.1. The number of aromatic hydroxyl groups is 1. The third-order valence-corrected chi connectivity index (χ3v) is 3.54. The van der Waals surface area contributed by atoms with Crippen LogP contribution in [0.15, 0.2) is 28.0 Å². The van der Waals surface area contributed by atoms with Gasteiger partial charge in [0.15, 0.2) is 0 Å². The van der Waals surface area contributed by atoms with E-state index < -0.39 is 0 Å². The Labute approximate surface area is 111 Å². The van der Waals surface area contributed by atoms with E-state index >= 15 is 0 Å². The highest BCUT2D eigenvalue weighted by Gasteiger charge is 2.14. The standard InChI is InChI=1S/C13H7N3O2S/c14-5-7-1-2-10-9(3-7)8(6-15-10)4-11-12(17)16-13(18)19-11/h1-4,6,17H,(H,16,18). The molecule has 0 radical (unpaired) electrons. The maximum Gasteiger partial charge on any atom is 0.307 e. The summed E-state index contributed by atoms with van der Waals surface area (Å²) in [5.74, 6) is -0.152. The lowest BCUT2D eigenvalue weighted by Gasteiger charge is -1.99. The monoisotopic (exact) mass is 269 g/mol. The van der Waals surface area contributed by atoms with Crippen molar-refractivity contribution in [1.29, 1.82) is 5.26 Å². The molecule has 0 aliphatic carbocycles. The van der Waals surface area contributed by atoms with Crippen LogP contribution in [0.25, 0.3) is 11.6 Å². The van der Waals surface area contributed by atoms with Gasteiger partial charge >= 0.3 is 4.87 Å². The predicted molar refractivity (Wildman–Crippen MR) is 73.8 cm³/mol. The van der Waals surface area contributed by atoms with E-state index in [4.69, 9.17) is 5.26 Å². The molecule has 2 N–H and O–H groups in total. The van der Waals surface area contributed by atoms with Crippen LogP contribution in [0.2, 0.25) is 0 Å². The number of nitrogens with one attached hydrogen (secondary N) is 1. The van der Waals surface area contributed by atoms with Crippen LogP contribution < -0.4 is 4.87 Å². The van der Waals surface area contributed by atoms with Gasteiger partial charge in [-0.3, -0.25) is 14.8 Å². The van der Waals surface area contributed by atoms with Gasteiger partial charge in [0.1, 0.15) is 0 Å². The van der Waals surface area contributed by atoms with Crippen molar-refractivity contribution < 1.29 is 5.11 Å². The average Bonchev–Trinajstić information content (AvgIpc) is 2.93. The Balaban J connectivity index is 2.12. The number of nitrogens with zero attached hydrogens (tertiary/aromatic N) is 2. The summed E-state index contributed by atoms with van der Waals surface area (Å²) < 4.78 is 0. The van der Waals surface area contributed by atoms with Gasteiger partial charge in [0.05, 0.1) is 22.2 Å². The summed E-state index contributed by atoms with van der Waals surface area (Å²) in [5, 5.41) is 18.5. The van der Waals surface area contributed by atoms with Crippen molar-refractivity contribution in [3.8, 4) is 11.9 Å². The highest BCUT2D eigenvalue weighted by atomic mass is 32.1. The second kappa shape index (κ2) is 4.23. The first-order chi connectivity index (χ1) is 9.17. The van der Waals surface area contributed by atoms with Gasteiger partial charge in [-0.2, -0.15) is 5.26 Å². The number of benzene rings is 1. The Hall–Kier alpha value is -2.65. The van der Waals surface area contributed by atoms with Gasteiger partial charge in [0.2, 0.25) is 5.88 Å². The molecule has 1 aromatic carbocycles. The number of aliphatic imine (C=N–C) groups is 1. The number of hydrogen-bond donors (Lipinski definition) is 2. The average molecular weight is 269 g/mol. The molecule has 2 aromatic rings. The number of nitriles is 1. The molecule has 1 aliphatic heterocycles. The summed E-state index contributed by atoms with van der Waals surface area (Å²) in [6, 6.07) is 7.28. The normalized spacial score (nSPS) is 14.6. The van der Waals surface area contributed by atoms with Crippen LogP contribution in [0, 0.1) is 11.3 Å². The number of thiazole rings is 1. The predicted octanol–water partition coefficient (Wildman–Crippen LogP) is 2.27. The van der Waals surface area contributed by atoms with Crippen molar-refractivity contribution in [2.45, 2.75) is 0 Å². The van der Waals surface area contributed by atoms with Crippen molar-refractivity contribution in [3.63, 3.8) is 0 Å². The summed E-state index contributed by atoms with van der Waals surface area (Å²) in [6.07, 6.45) is 3.32. The molecule has 0 fully saturated rings. The third-order valence-electron chi connectivity index (χ3n) is 2.72. The minimum atomic E-state index is -0.315. The molecule has 5 nitrogen and oxygen atoms in total. The van der Waals surface area contributed by atoms with E-state index in [0.29, 0.717) is 10.4 Å². The van der Waals surface area contributed by atoms with Crippen LogP contribution in [0.3, 0.4) is 0 Å². The van der Waals surface area contributed by atoms with Crippen molar-refractivity contribution in [2.24, 2.45) is 4.99 Å². The Morgan fingerprint density at radius 2 is 2.32 bits per heavy atom. The van der Waals surface area contributed by atoms with E-state index in [0.717, 1.165) is 28.2 Å². The molecule has 0 saturated heterocycles. The van der Waals surface area contributed by atoms with Crippen molar-refractivity contribution in [3.05, 3.63) is 43.9 Å². The van der Waals surface area contributed by atoms with Gasteiger partial charge in [-0.1, -0.05) is 11.3 Å². The van der Waals surface area contributed by atoms with Crippen LogP contribution in [-0.2, 0) is 0 Å². The van der Waals surface area contributed by atoms with Gasteiger partial charge in [0.25, 0.3) is 0 Å². The number of H-pyrrole nitrogens is 1. The first-order valence-electron chi connectivity index (χ1n) is 5.40. The first-order valence-corrected chi connectivity index (χ1v) is 6.21. The SMILES string of the molecule is N#Cc1ccc2c(c1)C(=Cc1sc(=O)[nH]c1O)C=N2. The fraction of sp³-hybridized carbons (Fsp3) is 0. The van der Waals surface area contributed by atoms with Crippen LogP contribution in [-0.4, -0.2) is 16.3 Å². The fourth-order valence-electron chi connectivity index (χ4n) is 1.84. The molecular weight excluding hydrogens is 262 g/mol. The maximum atomic E-state index is 11.1. The summed E-state index contributed by atoms with van der Waals surface area (Å²) in [6.45, 7) is 0. The zero-order valence-corrected chi connectivity index (χ0v) is 10.4. The van der Waals surface area contributed by atoms with Crippen molar-refractivity contribution >= 4 is 34.9 Å². The number of hydrogen-bond acceptors (Lipinski definition) is 5. The smallest absolute Gasteiger partial charge is 0.307 e. The van der Waals surface area contributed by atoms with Crippen LogP contribution >= 0.6 is 11.3 Å². The van der Waals surface area contributed by atoms with Crippen molar-refractivity contribution in [1.82, 2.24) is 4.98 Å². The van der Waals surface area contributed by atoms with Crippen LogP contribution in [0.1, 0.15) is 16.0 Å². The molecule has 0 unspecified atom stereocenters. The second-order valence-electron chi connectivity index (χ2n) is 3.93. The van der Waals surface area contributed by atoms with Gasteiger partial charge in [-0.15, -0.1) is 0 Å². The van der Waals surface area contributed by atoms with Crippen molar-refractivity contribution in [2.75, 3.05) is 0 Å². The molecule has 1 aromatic heterocycles. The van der Waals surface area contributed by atoms with E-state index in [1.165, 1.54) is 0 Å². The van der Waals surface area contributed by atoms with Gasteiger partial charge < -0.3 is 5.11 Å². The van der Waals surface area contributed by atoms with E-state index in [2.05, 4.69) is 16.0 Å². The Bertz CT molecular complexity index is 821. The Morgan fingerprint density at radius 1 is 1.47 bits per heavy atom. The quantitative estimate of drug-likeness (QED) is 0.832. The number of rotatable bonds is 1. The highest BCUT2D eigenvalue weighted by molar-refractivity contribution is 7.10. The van der Waals surface area contributed by atoms with Crippen LogP contribution in [0.5, 0.6) is 5.88 Å². The molecule has 6 heteroatoms. The number of aromatic amines is 1. The molecule has 19 heavy (non-hydrogen) atoms. The third kappa shape index (κ3) is 1.96. The molecule has 1 aliphatic rings. The lowest BCUT2D eigenvalue weighted by molar-refractivity contribution is 0.455. The summed E-state index contributed by atoms with van der Waals surface area (Å²) in [7, 11) is 0. The summed E-state index contributed by atoms with van der Waals surface area (Å²) in [4.78, 5) is 17.8. The Morgan fingerprint density at radius 3 is 3.00 bits per heavy atom. The Kier molecular flexibility index (Phi) is 2.54. The van der Waals surface area contributed by atoms with Gasteiger partial charge in [-0.25, -0.2) is 0 Å². The minimum absolute atomic E-state index is 0.152. The molecule has 0 spiro atoms. The van der Waals surface area contributed by atoms with E-state index in [9.17, 15) is 9.90 Å². The molecule has 0 saturated carbocycles. The zero-order valence-electron chi connectivity index (χ0n) is 9.54. The van der Waals surface area contributed by atoms with Crippen LogP contribution in [0.4, 0.5) is 5.69 Å². The number of fused-ring (bicyclic) bond motifs is 1. The van der Waals surface area contributed by atoms with E-state index in [1.54, 1.807) is 30.5 Å². The fourth-order valence-corrected chi connectivity index (χ4v) is 2.53. The number of allylic oxidation sites excluding steroid dienone is 1. The van der Waals surface area contributed by atoms with E-state index in [-0.39, 0.29) is 10.8 Å². The minimum Gasteiger partial charge on any atom is -0.493 e. The second-order valence-corrected chi connectivity index (χ2v) is 4.94. The molecule has 0 amide bonds. The van der Waals surface area contributed by atoms with Gasteiger partial charge in [0, 0.05) is 17.4 Å². The molecule has 0 atom stereocenters. The lowest BCUT2D eigenvalue weighted by atomic mass is 10.0. The largest absolute Gasteiger partial charge is 0.493 e. The zero-order chi connectivity index (χ0) is 13.4. The van der Waals surface area contributed by atoms with Gasteiger partial charge in [-0.05, 0) is 24.3 Å². The lowest BCUT2D eigenvalue weighted by Crippen LogP contribution is -1.89. The summed E-state index contributed by atoms with van der Waals surface area (Å²) in [5.41, 5.74) is 2.89. The molecule has 2 heterocycles. The molecular formula is C13H7N3O2S. The van der Waals surface area contributed by atoms with E-state index in [1.807, 2.05) is 0 Å². The summed E-state index contributed by atoms with van der Waals surface area (Å²) >= 11 is 0.922. The molecule has 3 rings (SSSR count).